The molecule has 0 unspecified atom stereocenters. The van der Waals surface area contributed by atoms with E-state index in [2.05, 4.69) is 30.5 Å². The molecule has 0 bridgehead atoms. The van der Waals surface area contributed by atoms with Gasteiger partial charge < -0.3 is 4.74 Å². The van der Waals surface area contributed by atoms with E-state index in [1.54, 1.807) is 13.0 Å². The van der Waals surface area contributed by atoms with Gasteiger partial charge in [-0.25, -0.2) is 9.97 Å². The average molecular weight is 276 g/mol. The molecule has 20 heavy (non-hydrogen) atoms. The number of hydrogen-bond donors (Lipinski definition) is 2. The van der Waals surface area contributed by atoms with Crippen LogP contribution in [0.25, 0.3) is 0 Å². The molecule has 0 atom stereocenters. The van der Waals surface area contributed by atoms with E-state index in [9.17, 15) is 4.79 Å². The van der Waals surface area contributed by atoms with Crippen LogP contribution in [0.1, 0.15) is 35.5 Å². The summed E-state index contributed by atoms with van der Waals surface area (Å²) in [6.07, 6.45) is 1.67. The van der Waals surface area contributed by atoms with E-state index in [0.29, 0.717) is 17.4 Å². The van der Waals surface area contributed by atoms with Crippen molar-refractivity contribution in [2.75, 3.05) is 12.4 Å². The molecule has 0 spiro atoms. The number of H-pyrrole nitrogens is 1. The summed E-state index contributed by atoms with van der Waals surface area (Å²) >= 11 is 0. The zero-order chi connectivity index (χ0) is 14.5. The van der Waals surface area contributed by atoms with E-state index in [1.807, 2.05) is 6.92 Å². The Morgan fingerprint density at radius 3 is 2.90 bits per heavy atom. The molecule has 0 aromatic carbocycles. The molecule has 1 amide bonds. The standard InChI is InChI=1S/C12H16N6O2/c1-4-5-8-14-10(18-17-8)11(19)16-12-13-7(2)6-9(15-12)20-3/h6H,4-5H2,1-3H3,(H,14,17,18)(H,13,15,16,19). The number of aromatic amines is 1. The maximum absolute atomic E-state index is 12.0. The lowest BCUT2D eigenvalue weighted by Crippen LogP contribution is -2.16. The molecule has 0 radical (unpaired) electrons. The summed E-state index contributed by atoms with van der Waals surface area (Å²) in [5.74, 6) is 0.831. The first-order chi connectivity index (χ1) is 9.62. The Bertz CT molecular complexity index is 610. The van der Waals surface area contributed by atoms with Crippen molar-refractivity contribution >= 4 is 11.9 Å². The maximum Gasteiger partial charge on any atom is 0.297 e. The molecule has 8 nitrogen and oxygen atoms in total. The summed E-state index contributed by atoms with van der Waals surface area (Å²) in [6, 6.07) is 1.67. The van der Waals surface area contributed by atoms with Gasteiger partial charge in [0.05, 0.1) is 7.11 Å². The zero-order valence-electron chi connectivity index (χ0n) is 11.6. The van der Waals surface area contributed by atoms with Gasteiger partial charge in [-0.1, -0.05) is 6.92 Å². The first kappa shape index (κ1) is 13.9. The average Bonchev–Trinajstić information content (AvgIpc) is 2.87. The number of methoxy groups -OCH3 is 1. The highest BCUT2D eigenvalue weighted by Gasteiger charge is 2.14. The fraction of sp³-hybridized carbons (Fsp3) is 0.417. The van der Waals surface area contributed by atoms with Crippen molar-refractivity contribution in [3.63, 3.8) is 0 Å². The number of nitrogens with zero attached hydrogens (tertiary/aromatic N) is 4. The highest BCUT2D eigenvalue weighted by molar-refractivity contribution is 6.00. The third kappa shape index (κ3) is 3.28. The van der Waals surface area contributed by atoms with Crippen LogP contribution in [0.3, 0.4) is 0 Å². The van der Waals surface area contributed by atoms with E-state index in [4.69, 9.17) is 4.74 Å². The fourth-order valence-corrected chi connectivity index (χ4v) is 1.60. The van der Waals surface area contributed by atoms with Crippen molar-refractivity contribution in [2.24, 2.45) is 0 Å². The minimum absolute atomic E-state index is 0.0672. The Morgan fingerprint density at radius 1 is 1.40 bits per heavy atom. The number of rotatable bonds is 5. The molecular weight excluding hydrogens is 260 g/mol. The van der Waals surface area contributed by atoms with Crippen LogP contribution in [0, 0.1) is 6.92 Å². The Hall–Kier alpha value is -2.51. The van der Waals surface area contributed by atoms with Crippen LogP contribution in [0.5, 0.6) is 5.88 Å². The smallest absolute Gasteiger partial charge is 0.297 e. The molecule has 0 saturated heterocycles. The van der Waals surface area contributed by atoms with Crippen molar-refractivity contribution in [1.29, 1.82) is 0 Å². The molecule has 2 N–H and O–H groups in total. The summed E-state index contributed by atoms with van der Waals surface area (Å²) < 4.78 is 5.02. The third-order valence-corrected chi connectivity index (χ3v) is 2.49. The monoisotopic (exact) mass is 276 g/mol. The van der Waals surface area contributed by atoms with Crippen LogP contribution in [0.2, 0.25) is 0 Å². The highest BCUT2D eigenvalue weighted by Crippen LogP contribution is 2.11. The molecule has 8 heteroatoms. The van der Waals surface area contributed by atoms with Gasteiger partial charge in [0.1, 0.15) is 5.82 Å². The lowest BCUT2D eigenvalue weighted by Gasteiger charge is -2.04. The van der Waals surface area contributed by atoms with Gasteiger partial charge in [-0.3, -0.25) is 15.2 Å². The number of anilines is 1. The predicted octanol–water partition coefficient (Wildman–Crippen LogP) is 1.12. The Kier molecular flexibility index (Phi) is 4.24. The largest absolute Gasteiger partial charge is 0.481 e. The summed E-state index contributed by atoms with van der Waals surface area (Å²) in [4.78, 5) is 24.2. The van der Waals surface area contributed by atoms with Crippen LogP contribution in [-0.2, 0) is 6.42 Å². The second-order valence-corrected chi connectivity index (χ2v) is 4.19. The van der Waals surface area contributed by atoms with Gasteiger partial charge >= 0.3 is 0 Å². The van der Waals surface area contributed by atoms with Crippen LogP contribution < -0.4 is 10.1 Å². The van der Waals surface area contributed by atoms with E-state index >= 15 is 0 Å². The lowest BCUT2D eigenvalue weighted by atomic mass is 10.3. The summed E-state index contributed by atoms with van der Waals surface area (Å²) in [5, 5.41) is 9.12. The minimum atomic E-state index is -0.462. The molecule has 0 aliphatic carbocycles. The normalized spacial score (nSPS) is 10.3. The lowest BCUT2D eigenvalue weighted by molar-refractivity contribution is 0.101. The number of carbonyl (C=O) groups excluding carboxylic acids is 1. The van der Waals surface area contributed by atoms with Crippen molar-refractivity contribution in [3.8, 4) is 5.88 Å². The molecule has 2 rings (SSSR count). The SMILES string of the molecule is CCCc1nc(C(=O)Nc2nc(C)cc(OC)n2)n[nH]1. The quantitative estimate of drug-likeness (QED) is 0.847. The molecule has 106 valence electrons. The van der Waals surface area contributed by atoms with Gasteiger partial charge in [0.15, 0.2) is 0 Å². The minimum Gasteiger partial charge on any atom is -0.481 e. The van der Waals surface area contributed by atoms with E-state index < -0.39 is 5.91 Å². The van der Waals surface area contributed by atoms with Gasteiger partial charge in [0, 0.05) is 18.2 Å². The van der Waals surface area contributed by atoms with E-state index in [0.717, 1.165) is 12.8 Å². The molecule has 0 aliphatic rings. The van der Waals surface area contributed by atoms with Gasteiger partial charge in [-0.15, -0.1) is 5.10 Å². The number of aryl methyl sites for hydroxylation is 2. The van der Waals surface area contributed by atoms with Crippen molar-refractivity contribution < 1.29 is 9.53 Å². The Labute approximate surface area is 116 Å². The maximum atomic E-state index is 12.0. The van der Waals surface area contributed by atoms with Crippen molar-refractivity contribution in [2.45, 2.75) is 26.7 Å². The zero-order valence-corrected chi connectivity index (χ0v) is 11.6. The number of amides is 1. The van der Waals surface area contributed by atoms with Crippen LogP contribution in [0.4, 0.5) is 5.95 Å². The topological polar surface area (TPSA) is 106 Å². The second kappa shape index (κ2) is 6.09. The van der Waals surface area contributed by atoms with Gasteiger partial charge in [0.25, 0.3) is 5.91 Å². The fourth-order valence-electron chi connectivity index (χ4n) is 1.60. The number of ether oxygens (including phenoxy) is 1. The summed E-state index contributed by atoms with van der Waals surface area (Å²) in [5.41, 5.74) is 0.689. The molecule has 0 saturated carbocycles. The summed E-state index contributed by atoms with van der Waals surface area (Å²) in [6.45, 7) is 3.81. The predicted molar refractivity (Wildman–Crippen MR) is 71.7 cm³/mol. The first-order valence-corrected chi connectivity index (χ1v) is 6.24. The van der Waals surface area contributed by atoms with Crippen LogP contribution in [-0.4, -0.2) is 38.2 Å². The Balaban J connectivity index is 2.12. The molecule has 2 aromatic rings. The van der Waals surface area contributed by atoms with Crippen molar-refractivity contribution in [3.05, 3.63) is 23.4 Å². The highest BCUT2D eigenvalue weighted by atomic mass is 16.5. The first-order valence-electron chi connectivity index (χ1n) is 6.24. The molecule has 0 aliphatic heterocycles. The molecule has 2 heterocycles. The number of nitrogens with one attached hydrogen (secondary N) is 2. The number of hydrogen-bond acceptors (Lipinski definition) is 6. The molecule has 0 fully saturated rings. The van der Waals surface area contributed by atoms with Gasteiger partial charge in [-0.05, 0) is 13.3 Å². The van der Waals surface area contributed by atoms with Crippen LogP contribution >= 0.6 is 0 Å². The Morgan fingerprint density at radius 2 is 2.20 bits per heavy atom. The van der Waals surface area contributed by atoms with Gasteiger partial charge in [-0.2, -0.15) is 4.98 Å². The third-order valence-electron chi connectivity index (χ3n) is 2.49. The summed E-state index contributed by atoms with van der Waals surface area (Å²) in [7, 11) is 1.50. The van der Waals surface area contributed by atoms with Gasteiger partial charge in [0.2, 0.25) is 17.7 Å². The number of aromatic nitrogens is 5. The van der Waals surface area contributed by atoms with E-state index in [-0.39, 0.29) is 11.8 Å². The van der Waals surface area contributed by atoms with E-state index in [1.165, 1.54) is 7.11 Å². The molecular formula is C12H16N6O2. The van der Waals surface area contributed by atoms with Crippen molar-refractivity contribution in [1.82, 2.24) is 25.1 Å². The number of carbonyl (C=O) groups is 1. The molecule has 2 aromatic heterocycles. The second-order valence-electron chi connectivity index (χ2n) is 4.19. The van der Waals surface area contributed by atoms with Crippen LogP contribution in [0.15, 0.2) is 6.07 Å².